The van der Waals surface area contributed by atoms with Crippen LogP contribution in [-0.4, -0.2) is 21.6 Å². The molecule has 0 spiro atoms. The fourth-order valence-corrected chi connectivity index (χ4v) is 5.76. The average molecular weight is 464 g/mol. The molecular formula is C28H21N3O2S. The van der Waals surface area contributed by atoms with Crippen molar-refractivity contribution >= 4 is 32.5 Å². The summed E-state index contributed by atoms with van der Waals surface area (Å²) in [6.07, 6.45) is 0. The van der Waals surface area contributed by atoms with Gasteiger partial charge in [0.25, 0.3) is 0 Å². The van der Waals surface area contributed by atoms with Crippen LogP contribution in [0.5, 0.6) is 5.88 Å². The highest BCUT2D eigenvalue weighted by Gasteiger charge is 2.28. The summed E-state index contributed by atoms with van der Waals surface area (Å²) >= 11 is 1.49. The molecule has 6 heteroatoms. The van der Waals surface area contributed by atoms with Crippen molar-refractivity contribution in [3.63, 3.8) is 0 Å². The van der Waals surface area contributed by atoms with E-state index in [2.05, 4.69) is 33.8 Å². The largest absolute Gasteiger partial charge is 0.481 e. The van der Waals surface area contributed by atoms with Crippen LogP contribution in [0.4, 0.5) is 0 Å². The Labute approximate surface area is 200 Å². The third kappa shape index (κ3) is 2.96. The first kappa shape index (κ1) is 20.6. The smallest absolute Gasteiger partial charge is 0.214 e. The van der Waals surface area contributed by atoms with Gasteiger partial charge >= 0.3 is 0 Å². The van der Waals surface area contributed by atoms with Gasteiger partial charge in [0.2, 0.25) is 5.88 Å². The number of methoxy groups -OCH3 is 1. The molecule has 5 nitrogen and oxygen atoms in total. The van der Waals surface area contributed by atoms with Gasteiger partial charge in [-0.2, -0.15) is 0 Å². The summed E-state index contributed by atoms with van der Waals surface area (Å²) in [7, 11) is 3.63. The van der Waals surface area contributed by atoms with Gasteiger partial charge in [0.15, 0.2) is 5.43 Å². The van der Waals surface area contributed by atoms with E-state index < -0.39 is 0 Å². The van der Waals surface area contributed by atoms with E-state index in [0.717, 1.165) is 48.8 Å². The van der Waals surface area contributed by atoms with E-state index >= 15 is 0 Å². The summed E-state index contributed by atoms with van der Waals surface area (Å²) < 4.78 is 7.44. The fourth-order valence-electron chi connectivity index (χ4n) is 4.72. The standard InChI is InChI=1S/C28H21N3O2S/c1-16-26(32)22-21(23-27(16)34-28-19(29-23)14-15-20(30-28)33-3)24(17-10-6-4-7-11-17)31(2)25(22)18-12-8-5-9-13-18/h4-15H,1-3H3. The number of pyridine rings is 1. The second kappa shape index (κ2) is 7.78. The predicted molar refractivity (Wildman–Crippen MR) is 139 cm³/mol. The summed E-state index contributed by atoms with van der Waals surface area (Å²) in [5.74, 6) is 0.530. The third-order valence-electron chi connectivity index (χ3n) is 6.30. The lowest BCUT2D eigenvalue weighted by molar-refractivity contribution is 0.400. The Morgan fingerprint density at radius 2 is 1.44 bits per heavy atom. The summed E-state index contributed by atoms with van der Waals surface area (Å²) in [6.45, 7) is 1.89. The molecule has 166 valence electrons. The minimum atomic E-state index is 0.0273. The molecule has 4 aromatic rings. The van der Waals surface area contributed by atoms with Crippen LogP contribution in [0.2, 0.25) is 0 Å². The summed E-state index contributed by atoms with van der Waals surface area (Å²) in [4.78, 5) is 25.1. The van der Waals surface area contributed by atoms with E-state index in [1.54, 1.807) is 7.11 Å². The zero-order chi connectivity index (χ0) is 23.4. The van der Waals surface area contributed by atoms with Gasteiger partial charge < -0.3 is 9.30 Å². The topological polar surface area (TPSA) is 57.0 Å². The van der Waals surface area contributed by atoms with Gasteiger partial charge in [-0.15, -0.1) is 11.3 Å². The van der Waals surface area contributed by atoms with Gasteiger partial charge in [-0.1, -0.05) is 60.7 Å². The lowest BCUT2D eigenvalue weighted by Gasteiger charge is -2.12. The normalized spacial score (nSPS) is 11.5. The van der Waals surface area contributed by atoms with Crippen molar-refractivity contribution in [2.24, 2.45) is 7.05 Å². The van der Waals surface area contributed by atoms with Crippen molar-refractivity contribution in [1.82, 2.24) is 14.5 Å². The molecule has 2 aliphatic rings. The molecule has 0 bridgehead atoms. The Morgan fingerprint density at radius 1 is 0.824 bits per heavy atom. The molecule has 0 unspecified atom stereocenters. The molecule has 1 aliphatic heterocycles. The van der Waals surface area contributed by atoms with Crippen LogP contribution in [0.1, 0.15) is 5.56 Å². The molecule has 0 saturated heterocycles. The number of hydrogen-bond acceptors (Lipinski definition) is 5. The first-order valence-electron chi connectivity index (χ1n) is 11.0. The van der Waals surface area contributed by atoms with Gasteiger partial charge in [0.1, 0.15) is 10.3 Å². The lowest BCUT2D eigenvalue weighted by Crippen LogP contribution is -2.09. The zero-order valence-corrected chi connectivity index (χ0v) is 19.8. The highest BCUT2D eigenvalue weighted by atomic mass is 32.1. The maximum atomic E-state index is 13.9. The van der Waals surface area contributed by atoms with Crippen molar-refractivity contribution in [3.8, 4) is 39.0 Å². The van der Waals surface area contributed by atoms with Crippen molar-refractivity contribution in [2.45, 2.75) is 6.92 Å². The Morgan fingerprint density at radius 3 is 2.06 bits per heavy atom. The number of fused-ring (bicyclic) bond motifs is 4. The summed E-state index contributed by atoms with van der Waals surface area (Å²) in [5.41, 5.74) is 6.26. The number of hydrogen-bond donors (Lipinski definition) is 0. The van der Waals surface area contributed by atoms with Crippen molar-refractivity contribution < 1.29 is 4.74 Å². The molecule has 0 saturated carbocycles. The molecule has 0 radical (unpaired) electrons. The maximum Gasteiger partial charge on any atom is 0.214 e. The number of ether oxygens (including phenoxy) is 1. The number of benzene rings is 3. The highest BCUT2D eigenvalue weighted by molar-refractivity contribution is 7.21. The molecule has 0 amide bonds. The van der Waals surface area contributed by atoms with Gasteiger partial charge in [-0.25, -0.2) is 9.97 Å². The van der Waals surface area contributed by atoms with E-state index in [0.29, 0.717) is 16.8 Å². The van der Waals surface area contributed by atoms with Gasteiger partial charge in [-0.05, 0) is 24.1 Å². The first-order valence-corrected chi connectivity index (χ1v) is 11.8. The number of rotatable bonds is 3. The summed E-state index contributed by atoms with van der Waals surface area (Å²) in [6, 6.07) is 24.0. The van der Waals surface area contributed by atoms with E-state index in [1.807, 2.05) is 62.5 Å². The minimum Gasteiger partial charge on any atom is -0.481 e. The summed E-state index contributed by atoms with van der Waals surface area (Å²) in [5, 5.41) is 1.59. The molecule has 0 atom stereocenters. The Bertz CT molecular complexity index is 1720. The molecule has 6 rings (SSSR count). The Balaban J connectivity index is 1.85. The van der Waals surface area contributed by atoms with Crippen molar-refractivity contribution in [2.75, 3.05) is 7.11 Å². The Hall–Kier alpha value is -4.03. The van der Waals surface area contributed by atoms with E-state index in [4.69, 9.17) is 9.72 Å². The third-order valence-corrected chi connectivity index (χ3v) is 7.50. The second-order valence-electron chi connectivity index (χ2n) is 8.26. The molecule has 0 N–H and O–H groups in total. The van der Waals surface area contributed by atoms with Crippen LogP contribution in [0.25, 0.3) is 54.2 Å². The highest BCUT2D eigenvalue weighted by Crippen LogP contribution is 2.45. The fraction of sp³-hybridized carbons (Fsp3) is 0.107. The van der Waals surface area contributed by atoms with Crippen LogP contribution >= 0.6 is 11.3 Å². The average Bonchev–Trinajstić information content (AvgIpc) is 3.20. The molecular weight excluding hydrogens is 442 g/mol. The van der Waals surface area contributed by atoms with Gasteiger partial charge in [-0.3, -0.25) is 4.79 Å². The van der Waals surface area contributed by atoms with E-state index in [1.165, 1.54) is 11.3 Å². The molecule has 2 aromatic heterocycles. The monoisotopic (exact) mass is 463 g/mol. The molecule has 0 fully saturated rings. The molecule has 34 heavy (non-hydrogen) atoms. The van der Waals surface area contributed by atoms with Crippen LogP contribution in [0, 0.1) is 6.92 Å². The zero-order valence-electron chi connectivity index (χ0n) is 19.0. The van der Waals surface area contributed by atoms with Crippen LogP contribution in [0.15, 0.2) is 77.6 Å². The molecule has 2 aromatic carbocycles. The van der Waals surface area contributed by atoms with Crippen LogP contribution < -0.4 is 10.2 Å². The van der Waals surface area contributed by atoms with Crippen molar-refractivity contribution in [1.29, 1.82) is 0 Å². The number of nitrogens with zero attached hydrogens (tertiary/aromatic N) is 3. The van der Waals surface area contributed by atoms with E-state index in [-0.39, 0.29) is 5.43 Å². The quantitative estimate of drug-likeness (QED) is 0.289. The first-order chi connectivity index (χ1) is 16.6. The van der Waals surface area contributed by atoms with Gasteiger partial charge in [0.05, 0.1) is 34.5 Å². The lowest BCUT2D eigenvalue weighted by atomic mass is 9.98. The molecule has 3 heterocycles. The predicted octanol–water partition coefficient (Wildman–Crippen LogP) is 6.30. The second-order valence-corrected chi connectivity index (χ2v) is 9.26. The molecule has 1 aliphatic carbocycles. The minimum absolute atomic E-state index is 0.0273. The SMILES string of the molecule is COc1ccc2nc3c4c(-c5ccccc5)n(C)c(-c5ccccc5)c4c(=O)c(C)c-3sc2n1. The van der Waals surface area contributed by atoms with Crippen LogP contribution in [-0.2, 0) is 7.05 Å². The van der Waals surface area contributed by atoms with Gasteiger partial charge in [0, 0.05) is 24.1 Å². The maximum absolute atomic E-state index is 13.9. The van der Waals surface area contributed by atoms with Crippen LogP contribution in [0.3, 0.4) is 0 Å². The van der Waals surface area contributed by atoms with Crippen molar-refractivity contribution in [3.05, 3.63) is 88.6 Å². The van der Waals surface area contributed by atoms with E-state index in [9.17, 15) is 4.79 Å². The number of aromatic nitrogens is 3. The Kier molecular flexibility index (Phi) is 4.71.